The maximum Gasteiger partial charge on any atom is 0.214 e. The van der Waals surface area contributed by atoms with Gasteiger partial charge in [-0.1, -0.05) is 6.92 Å². The Balaban J connectivity index is 2.58. The van der Waals surface area contributed by atoms with Crippen molar-refractivity contribution >= 4 is 10.0 Å². The maximum absolute atomic E-state index is 11.7. The van der Waals surface area contributed by atoms with Gasteiger partial charge in [0.25, 0.3) is 0 Å². The molecular formula is C9H20N2O2S. The van der Waals surface area contributed by atoms with E-state index in [4.69, 9.17) is 0 Å². The Bertz CT molecular complexity index is 258. The summed E-state index contributed by atoms with van der Waals surface area (Å²) in [6, 6.07) is 0.202. The topological polar surface area (TPSA) is 49.4 Å². The number of sulfonamides is 1. The molecule has 4 nitrogen and oxygen atoms in total. The first-order valence-electron chi connectivity index (χ1n) is 5.24. The van der Waals surface area contributed by atoms with Crippen molar-refractivity contribution in [2.75, 3.05) is 25.9 Å². The summed E-state index contributed by atoms with van der Waals surface area (Å²) in [5, 5.41) is 3.23. The summed E-state index contributed by atoms with van der Waals surface area (Å²) in [6.45, 7) is 3.75. The quantitative estimate of drug-likeness (QED) is 0.746. The zero-order chi connectivity index (χ0) is 10.6. The molecule has 1 fully saturated rings. The summed E-state index contributed by atoms with van der Waals surface area (Å²) in [5.74, 6) is 0.271. The van der Waals surface area contributed by atoms with Gasteiger partial charge in [-0.2, -0.15) is 0 Å². The number of nitrogens with zero attached hydrogens (tertiary/aromatic N) is 1. The van der Waals surface area contributed by atoms with Crippen LogP contribution in [-0.2, 0) is 10.0 Å². The smallest absolute Gasteiger partial charge is 0.214 e. The van der Waals surface area contributed by atoms with Gasteiger partial charge in [0.05, 0.1) is 5.75 Å². The van der Waals surface area contributed by atoms with E-state index in [9.17, 15) is 8.42 Å². The van der Waals surface area contributed by atoms with Crippen LogP contribution in [0, 0.1) is 0 Å². The Morgan fingerprint density at radius 2 is 1.93 bits per heavy atom. The number of rotatable bonds is 4. The van der Waals surface area contributed by atoms with Crippen molar-refractivity contribution in [2.24, 2.45) is 0 Å². The molecule has 84 valence electrons. The highest BCUT2D eigenvalue weighted by Gasteiger charge is 2.26. The molecule has 5 heteroatoms. The predicted molar refractivity (Wildman–Crippen MR) is 57.7 cm³/mol. The Labute approximate surface area is 86.7 Å². The number of hydrogen-bond donors (Lipinski definition) is 1. The van der Waals surface area contributed by atoms with Gasteiger partial charge >= 0.3 is 0 Å². The molecule has 0 saturated carbocycles. The lowest BCUT2D eigenvalue weighted by atomic mass is 10.1. The average molecular weight is 220 g/mol. The van der Waals surface area contributed by atoms with E-state index in [1.807, 2.05) is 6.92 Å². The van der Waals surface area contributed by atoms with E-state index in [2.05, 4.69) is 5.32 Å². The van der Waals surface area contributed by atoms with E-state index >= 15 is 0 Å². The van der Waals surface area contributed by atoms with E-state index < -0.39 is 10.0 Å². The molecule has 14 heavy (non-hydrogen) atoms. The Hall–Kier alpha value is -0.130. The zero-order valence-electron chi connectivity index (χ0n) is 8.99. The largest absolute Gasteiger partial charge is 0.317 e. The second kappa shape index (κ2) is 5.09. The number of hydrogen-bond acceptors (Lipinski definition) is 3. The van der Waals surface area contributed by atoms with Crippen LogP contribution in [0.25, 0.3) is 0 Å². The summed E-state index contributed by atoms with van der Waals surface area (Å²) in [4.78, 5) is 0. The fourth-order valence-electron chi connectivity index (χ4n) is 1.80. The monoisotopic (exact) mass is 220 g/mol. The first-order chi connectivity index (χ1) is 6.58. The van der Waals surface area contributed by atoms with Gasteiger partial charge in [-0.05, 0) is 32.4 Å². The third kappa shape index (κ3) is 2.93. The van der Waals surface area contributed by atoms with Crippen LogP contribution in [0.2, 0.25) is 0 Å². The fourth-order valence-corrected chi connectivity index (χ4v) is 3.27. The van der Waals surface area contributed by atoms with Gasteiger partial charge in [-0.15, -0.1) is 0 Å². The highest BCUT2D eigenvalue weighted by Crippen LogP contribution is 2.14. The van der Waals surface area contributed by atoms with Crippen LogP contribution in [0.4, 0.5) is 0 Å². The molecule has 1 saturated heterocycles. The molecule has 0 bridgehead atoms. The molecule has 1 aliphatic heterocycles. The van der Waals surface area contributed by atoms with Crippen LogP contribution in [0.3, 0.4) is 0 Å². The van der Waals surface area contributed by atoms with Gasteiger partial charge in [0.1, 0.15) is 0 Å². The van der Waals surface area contributed by atoms with Crippen molar-refractivity contribution in [3.05, 3.63) is 0 Å². The standard InChI is InChI=1S/C9H20N2O2S/c1-3-8-14(12,13)11(2)9-4-6-10-7-5-9/h9-10H,3-8H2,1-2H3. The lowest BCUT2D eigenvalue weighted by Gasteiger charge is -2.30. The first kappa shape index (κ1) is 11.9. The van der Waals surface area contributed by atoms with Crippen LogP contribution in [0.5, 0.6) is 0 Å². The molecule has 1 heterocycles. The van der Waals surface area contributed by atoms with Crippen molar-refractivity contribution in [1.29, 1.82) is 0 Å². The van der Waals surface area contributed by atoms with Gasteiger partial charge in [-0.3, -0.25) is 0 Å². The lowest BCUT2D eigenvalue weighted by Crippen LogP contribution is -2.44. The van der Waals surface area contributed by atoms with Crippen LogP contribution in [0.15, 0.2) is 0 Å². The summed E-state index contributed by atoms with van der Waals surface area (Å²) in [6.07, 6.45) is 2.55. The van der Waals surface area contributed by atoms with E-state index in [0.29, 0.717) is 6.42 Å². The molecule has 0 aromatic carbocycles. The Morgan fingerprint density at radius 1 is 1.36 bits per heavy atom. The van der Waals surface area contributed by atoms with E-state index in [1.165, 1.54) is 0 Å². The molecule has 0 aromatic rings. The van der Waals surface area contributed by atoms with E-state index in [-0.39, 0.29) is 11.8 Å². The van der Waals surface area contributed by atoms with Gasteiger partial charge in [-0.25, -0.2) is 12.7 Å². The van der Waals surface area contributed by atoms with Crippen LogP contribution < -0.4 is 5.32 Å². The predicted octanol–water partition coefficient (Wildman–Crippen LogP) is 0.410. The molecule has 0 unspecified atom stereocenters. The molecule has 0 atom stereocenters. The minimum Gasteiger partial charge on any atom is -0.317 e. The molecule has 1 N–H and O–H groups in total. The third-order valence-electron chi connectivity index (χ3n) is 2.72. The van der Waals surface area contributed by atoms with Crippen molar-refractivity contribution in [3.8, 4) is 0 Å². The van der Waals surface area contributed by atoms with Gasteiger partial charge in [0.2, 0.25) is 10.0 Å². The number of nitrogens with one attached hydrogen (secondary N) is 1. The molecular weight excluding hydrogens is 200 g/mol. The molecule has 0 spiro atoms. The minimum atomic E-state index is -3.00. The van der Waals surface area contributed by atoms with E-state index in [1.54, 1.807) is 11.4 Å². The molecule has 0 amide bonds. The summed E-state index contributed by atoms with van der Waals surface area (Å²) < 4.78 is 25.0. The summed E-state index contributed by atoms with van der Waals surface area (Å²) >= 11 is 0. The highest BCUT2D eigenvalue weighted by atomic mass is 32.2. The SMILES string of the molecule is CCCS(=O)(=O)N(C)C1CCNCC1. The second-order valence-corrected chi connectivity index (χ2v) is 5.96. The average Bonchev–Trinajstić information content (AvgIpc) is 2.18. The van der Waals surface area contributed by atoms with Crippen LogP contribution >= 0.6 is 0 Å². The second-order valence-electron chi connectivity index (χ2n) is 3.81. The van der Waals surface area contributed by atoms with Crippen molar-refractivity contribution < 1.29 is 8.42 Å². The van der Waals surface area contributed by atoms with E-state index in [0.717, 1.165) is 25.9 Å². The zero-order valence-corrected chi connectivity index (χ0v) is 9.81. The maximum atomic E-state index is 11.7. The van der Waals surface area contributed by atoms with Gasteiger partial charge in [0.15, 0.2) is 0 Å². The molecule has 0 aromatic heterocycles. The van der Waals surface area contributed by atoms with Crippen LogP contribution in [-0.4, -0.2) is 44.7 Å². The third-order valence-corrected chi connectivity index (χ3v) is 4.82. The molecule has 1 aliphatic rings. The summed E-state index contributed by atoms with van der Waals surface area (Å²) in [7, 11) is -1.30. The van der Waals surface area contributed by atoms with Crippen LogP contribution in [0.1, 0.15) is 26.2 Å². The fraction of sp³-hybridized carbons (Fsp3) is 1.00. The normalized spacial score (nSPS) is 20.2. The van der Waals surface area contributed by atoms with Crippen molar-refractivity contribution in [3.63, 3.8) is 0 Å². The molecule has 0 aliphatic carbocycles. The molecule has 1 rings (SSSR count). The summed E-state index contributed by atoms with van der Waals surface area (Å²) in [5.41, 5.74) is 0. The lowest BCUT2D eigenvalue weighted by molar-refractivity contribution is 0.296. The van der Waals surface area contributed by atoms with Gasteiger partial charge in [0, 0.05) is 13.1 Å². The Morgan fingerprint density at radius 3 is 2.43 bits per heavy atom. The first-order valence-corrected chi connectivity index (χ1v) is 6.85. The molecule has 0 radical (unpaired) electrons. The van der Waals surface area contributed by atoms with Crippen molar-refractivity contribution in [2.45, 2.75) is 32.2 Å². The van der Waals surface area contributed by atoms with Crippen molar-refractivity contribution in [1.82, 2.24) is 9.62 Å². The minimum absolute atomic E-state index is 0.202. The Kier molecular flexibility index (Phi) is 4.34. The number of piperidine rings is 1. The highest BCUT2D eigenvalue weighted by molar-refractivity contribution is 7.89. The van der Waals surface area contributed by atoms with Gasteiger partial charge < -0.3 is 5.32 Å².